The molecule has 0 bridgehead atoms. The van der Waals surface area contributed by atoms with Crippen LogP contribution in [0, 0.1) is 5.92 Å². The van der Waals surface area contributed by atoms with Crippen LogP contribution >= 0.6 is 0 Å². The van der Waals surface area contributed by atoms with Gasteiger partial charge in [-0.15, -0.1) is 0 Å². The Hall–Kier alpha value is -3.65. The molecule has 8 heteroatoms. The number of aromatic nitrogens is 1. The van der Waals surface area contributed by atoms with Crippen LogP contribution in [0.4, 0.5) is 0 Å². The number of aromatic hydroxyl groups is 1. The van der Waals surface area contributed by atoms with Crippen molar-refractivity contribution in [3.63, 3.8) is 0 Å². The number of carbonyl (C=O) groups is 2. The van der Waals surface area contributed by atoms with Gasteiger partial charge in [-0.3, -0.25) is 4.79 Å². The summed E-state index contributed by atoms with van der Waals surface area (Å²) in [5.41, 5.74) is 1.93. The maximum absolute atomic E-state index is 12.8. The van der Waals surface area contributed by atoms with Crippen molar-refractivity contribution >= 4 is 11.9 Å². The highest BCUT2D eigenvalue weighted by molar-refractivity contribution is 5.97. The van der Waals surface area contributed by atoms with E-state index in [0.29, 0.717) is 19.6 Å². The SMILES string of the molecule is C/C=C\C(=C/C)C[C@H](COCc1ccccc1)[C@H](C)OC(=O)[C@H](C)NC(=O)c1nccc(OC)c1O. The number of benzene rings is 1. The van der Waals surface area contributed by atoms with Crippen LogP contribution in [0.5, 0.6) is 11.5 Å². The molecule has 1 aromatic carbocycles. The van der Waals surface area contributed by atoms with Gasteiger partial charge in [0.2, 0.25) is 0 Å². The third kappa shape index (κ3) is 8.53. The summed E-state index contributed by atoms with van der Waals surface area (Å²) in [6, 6.07) is 10.3. The topological polar surface area (TPSA) is 107 Å². The van der Waals surface area contributed by atoms with Crippen molar-refractivity contribution in [2.75, 3.05) is 13.7 Å². The van der Waals surface area contributed by atoms with Crippen LogP contribution in [0.25, 0.3) is 0 Å². The second-order valence-electron chi connectivity index (χ2n) is 8.38. The van der Waals surface area contributed by atoms with Crippen LogP contribution in [0.15, 0.2) is 66.4 Å². The maximum atomic E-state index is 12.8. The lowest BCUT2D eigenvalue weighted by molar-refractivity contribution is -0.153. The molecule has 1 amide bonds. The molecular formula is C28H36N2O6. The van der Waals surface area contributed by atoms with Crippen LogP contribution in [0.2, 0.25) is 0 Å². The molecular weight excluding hydrogens is 460 g/mol. The average molecular weight is 497 g/mol. The molecule has 2 N–H and O–H groups in total. The lowest BCUT2D eigenvalue weighted by Gasteiger charge is -2.26. The number of hydrogen-bond acceptors (Lipinski definition) is 7. The van der Waals surface area contributed by atoms with Gasteiger partial charge in [0, 0.05) is 18.2 Å². The molecule has 194 valence electrons. The smallest absolute Gasteiger partial charge is 0.328 e. The van der Waals surface area contributed by atoms with E-state index in [1.165, 1.54) is 26.3 Å². The number of hydrogen-bond donors (Lipinski definition) is 2. The largest absolute Gasteiger partial charge is 0.503 e. The third-order valence-corrected chi connectivity index (χ3v) is 5.68. The Labute approximate surface area is 213 Å². The maximum Gasteiger partial charge on any atom is 0.328 e. The van der Waals surface area contributed by atoms with Crippen molar-refractivity contribution < 1.29 is 28.9 Å². The first-order chi connectivity index (χ1) is 17.3. The number of pyridine rings is 1. The molecule has 0 aliphatic carbocycles. The van der Waals surface area contributed by atoms with E-state index in [-0.39, 0.29) is 17.4 Å². The summed E-state index contributed by atoms with van der Waals surface area (Å²) in [7, 11) is 1.37. The summed E-state index contributed by atoms with van der Waals surface area (Å²) < 4.78 is 16.7. The number of esters is 1. The van der Waals surface area contributed by atoms with Crippen molar-refractivity contribution in [2.24, 2.45) is 5.92 Å². The number of nitrogens with zero attached hydrogens (tertiary/aromatic N) is 1. The first-order valence-corrected chi connectivity index (χ1v) is 11.9. The molecule has 0 saturated carbocycles. The molecule has 0 unspecified atom stereocenters. The Kier molecular flexibility index (Phi) is 11.7. The Morgan fingerprint density at radius 2 is 1.86 bits per heavy atom. The van der Waals surface area contributed by atoms with Gasteiger partial charge >= 0.3 is 5.97 Å². The van der Waals surface area contributed by atoms with Gasteiger partial charge in [-0.2, -0.15) is 0 Å². The molecule has 0 radical (unpaired) electrons. The molecule has 0 aliphatic heterocycles. The fourth-order valence-electron chi connectivity index (χ4n) is 3.53. The number of carbonyl (C=O) groups excluding carboxylic acids is 2. The summed E-state index contributed by atoms with van der Waals surface area (Å²) in [5, 5.41) is 12.7. The predicted molar refractivity (Wildman–Crippen MR) is 138 cm³/mol. The monoisotopic (exact) mass is 496 g/mol. The minimum Gasteiger partial charge on any atom is -0.503 e. The standard InChI is InChI=1S/C28H36N2O6/c1-6-11-21(7-2)16-23(18-35-17-22-12-9-8-10-13-22)20(4)36-28(33)19(3)30-27(32)25-26(31)24(34-5)14-15-29-25/h6-15,19-20,23,31H,16-18H2,1-5H3,(H,30,32)/b11-6-,21-7+/t19-,20-,23+/m0/s1. The van der Waals surface area contributed by atoms with Gasteiger partial charge in [0.15, 0.2) is 17.2 Å². The van der Waals surface area contributed by atoms with Gasteiger partial charge in [-0.1, -0.05) is 54.1 Å². The molecule has 0 spiro atoms. The lowest BCUT2D eigenvalue weighted by Crippen LogP contribution is -2.42. The van der Waals surface area contributed by atoms with Crippen molar-refractivity contribution in [3.8, 4) is 11.5 Å². The zero-order valence-corrected chi connectivity index (χ0v) is 21.6. The van der Waals surface area contributed by atoms with Crippen LogP contribution in [0.3, 0.4) is 0 Å². The van der Waals surface area contributed by atoms with Crippen LogP contribution in [-0.4, -0.2) is 47.8 Å². The molecule has 0 fully saturated rings. The van der Waals surface area contributed by atoms with E-state index in [4.69, 9.17) is 14.2 Å². The van der Waals surface area contributed by atoms with Gasteiger partial charge in [0.1, 0.15) is 12.1 Å². The second kappa shape index (κ2) is 14.7. The number of amides is 1. The molecule has 36 heavy (non-hydrogen) atoms. The molecule has 8 nitrogen and oxygen atoms in total. The number of rotatable bonds is 13. The number of nitrogens with one attached hydrogen (secondary N) is 1. The van der Waals surface area contributed by atoms with E-state index in [1.54, 1.807) is 0 Å². The van der Waals surface area contributed by atoms with Gasteiger partial charge in [0.25, 0.3) is 5.91 Å². The van der Waals surface area contributed by atoms with E-state index in [0.717, 1.165) is 11.1 Å². The average Bonchev–Trinajstić information content (AvgIpc) is 2.88. The summed E-state index contributed by atoms with van der Waals surface area (Å²) in [4.78, 5) is 29.2. The predicted octanol–water partition coefficient (Wildman–Crippen LogP) is 4.59. The Morgan fingerprint density at radius 3 is 2.50 bits per heavy atom. The number of ether oxygens (including phenoxy) is 3. The second-order valence-corrected chi connectivity index (χ2v) is 8.38. The van der Waals surface area contributed by atoms with E-state index in [2.05, 4.69) is 10.3 Å². The van der Waals surface area contributed by atoms with E-state index in [9.17, 15) is 14.7 Å². The fraction of sp³-hybridized carbons (Fsp3) is 0.393. The van der Waals surface area contributed by atoms with Crippen molar-refractivity contribution in [2.45, 2.75) is 52.9 Å². The number of allylic oxidation sites excluding steroid dienone is 4. The highest BCUT2D eigenvalue weighted by Gasteiger charge is 2.27. The van der Waals surface area contributed by atoms with Crippen molar-refractivity contribution in [1.29, 1.82) is 0 Å². The van der Waals surface area contributed by atoms with E-state index >= 15 is 0 Å². The Balaban J connectivity index is 2.03. The molecule has 1 heterocycles. The normalized spacial score (nSPS) is 14.2. The quantitative estimate of drug-likeness (QED) is 0.308. The van der Waals surface area contributed by atoms with Crippen molar-refractivity contribution in [1.82, 2.24) is 10.3 Å². The van der Waals surface area contributed by atoms with Crippen molar-refractivity contribution in [3.05, 3.63) is 77.7 Å². The van der Waals surface area contributed by atoms with Gasteiger partial charge in [0.05, 0.1) is 20.3 Å². The lowest BCUT2D eigenvalue weighted by atomic mass is 9.94. The minimum absolute atomic E-state index is 0.105. The summed E-state index contributed by atoms with van der Waals surface area (Å²) >= 11 is 0. The number of methoxy groups -OCH3 is 1. The molecule has 2 rings (SSSR count). The zero-order chi connectivity index (χ0) is 26.5. The summed E-state index contributed by atoms with van der Waals surface area (Å²) in [6.07, 6.45) is 7.53. The van der Waals surface area contributed by atoms with Crippen LogP contribution in [-0.2, 0) is 20.9 Å². The highest BCUT2D eigenvalue weighted by Crippen LogP contribution is 2.27. The zero-order valence-electron chi connectivity index (χ0n) is 21.6. The Bertz CT molecular complexity index is 1050. The molecule has 0 saturated heterocycles. The summed E-state index contributed by atoms with van der Waals surface area (Å²) in [6.45, 7) is 8.10. The van der Waals surface area contributed by atoms with E-state index < -0.39 is 29.8 Å². The first-order valence-electron chi connectivity index (χ1n) is 11.9. The minimum atomic E-state index is -0.963. The first kappa shape index (κ1) is 28.6. The molecule has 2 aromatic rings. The highest BCUT2D eigenvalue weighted by atomic mass is 16.5. The molecule has 3 atom stereocenters. The summed E-state index contributed by atoms with van der Waals surface area (Å²) in [5.74, 6) is -1.70. The van der Waals surface area contributed by atoms with Gasteiger partial charge in [-0.05, 0) is 39.7 Å². The van der Waals surface area contributed by atoms with Gasteiger partial charge < -0.3 is 24.6 Å². The third-order valence-electron chi connectivity index (χ3n) is 5.68. The molecule has 1 aromatic heterocycles. The van der Waals surface area contributed by atoms with E-state index in [1.807, 2.05) is 69.3 Å². The van der Waals surface area contributed by atoms with Crippen LogP contribution in [0.1, 0.15) is 50.2 Å². The van der Waals surface area contributed by atoms with Crippen LogP contribution < -0.4 is 10.1 Å². The molecule has 0 aliphatic rings. The Morgan fingerprint density at radius 1 is 1.14 bits per heavy atom. The fourth-order valence-corrected chi connectivity index (χ4v) is 3.53. The van der Waals surface area contributed by atoms with Gasteiger partial charge in [-0.25, -0.2) is 9.78 Å².